The summed E-state index contributed by atoms with van der Waals surface area (Å²) >= 11 is 0. The summed E-state index contributed by atoms with van der Waals surface area (Å²) in [6.45, 7) is 6.96. The molecular weight excluding hydrogens is 184 g/mol. The van der Waals surface area contributed by atoms with Crippen molar-refractivity contribution in [2.45, 2.75) is 32.5 Å². The molecule has 0 saturated carbocycles. The van der Waals surface area contributed by atoms with E-state index in [1.165, 1.54) is 6.92 Å². The number of carboxylic acids is 1. The van der Waals surface area contributed by atoms with E-state index in [9.17, 15) is 9.90 Å². The molecule has 0 spiro atoms. The first-order valence-electron chi connectivity index (χ1n) is 4.40. The highest BCUT2D eigenvalue weighted by atomic mass is 16.5. The number of ether oxygens (including phenoxy) is 1. The second kappa shape index (κ2) is 3.84. The fraction of sp³-hybridized carbons (Fsp3) is 0.500. The molecule has 0 aromatic rings. The Morgan fingerprint density at radius 3 is 2.57 bits per heavy atom. The predicted octanol–water partition coefficient (Wildman–Crippen LogP) is 1.07. The van der Waals surface area contributed by atoms with E-state index in [4.69, 9.17) is 9.84 Å². The molecule has 0 aliphatic carbocycles. The molecule has 0 aromatic carbocycles. The molecule has 0 amide bonds. The lowest BCUT2D eigenvalue weighted by Gasteiger charge is -2.13. The van der Waals surface area contributed by atoms with E-state index in [-0.39, 0.29) is 23.9 Å². The molecule has 2 atom stereocenters. The zero-order valence-electron chi connectivity index (χ0n) is 8.28. The molecule has 1 rings (SSSR count). The van der Waals surface area contributed by atoms with Crippen molar-refractivity contribution < 1.29 is 19.7 Å². The molecule has 0 bridgehead atoms. The predicted molar refractivity (Wildman–Crippen MR) is 50.6 cm³/mol. The van der Waals surface area contributed by atoms with Crippen LogP contribution >= 0.6 is 0 Å². The zero-order valence-corrected chi connectivity index (χ0v) is 8.28. The van der Waals surface area contributed by atoms with Crippen molar-refractivity contribution in [2.24, 2.45) is 0 Å². The number of carbonyl (C=O) groups is 1. The third-order valence-electron chi connectivity index (χ3n) is 2.14. The van der Waals surface area contributed by atoms with Gasteiger partial charge in [0.05, 0.1) is 5.57 Å². The highest BCUT2D eigenvalue weighted by Crippen LogP contribution is 2.30. The van der Waals surface area contributed by atoms with Crippen LogP contribution in [-0.4, -0.2) is 28.4 Å². The third kappa shape index (κ3) is 1.96. The van der Waals surface area contributed by atoms with Crippen molar-refractivity contribution in [3.63, 3.8) is 0 Å². The second-order valence-corrected chi connectivity index (χ2v) is 3.48. The van der Waals surface area contributed by atoms with Crippen LogP contribution in [-0.2, 0) is 9.53 Å². The van der Waals surface area contributed by atoms with Gasteiger partial charge in [0.1, 0.15) is 18.0 Å². The number of hydrogen-bond acceptors (Lipinski definition) is 3. The Hall–Kier alpha value is -1.29. The summed E-state index contributed by atoms with van der Waals surface area (Å²) in [6.07, 6.45) is -0.915. The number of aliphatic hydroxyl groups is 1. The summed E-state index contributed by atoms with van der Waals surface area (Å²) in [6, 6.07) is 0. The Balaban J connectivity index is 2.90. The van der Waals surface area contributed by atoms with Crippen LogP contribution in [0.4, 0.5) is 0 Å². The van der Waals surface area contributed by atoms with E-state index in [2.05, 4.69) is 6.58 Å². The summed E-state index contributed by atoms with van der Waals surface area (Å²) in [4.78, 5) is 10.8. The average molecular weight is 198 g/mol. The van der Waals surface area contributed by atoms with Gasteiger partial charge in [0.15, 0.2) is 0 Å². The molecule has 78 valence electrons. The van der Waals surface area contributed by atoms with Gasteiger partial charge in [-0.1, -0.05) is 6.58 Å². The smallest absolute Gasteiger partial charge is 0.335 e. The molecule has 0 fully saturated rings. The van der Waals surface area contributed by atoms with Crippen LogP contribution in [0.2, 0.25) is 0 Å². The van der Waals surface area contributed by atoms with Gasteiger partial charge in [-0.05, 0) is 19.4 Å². The van der Waals surface area contributed by atoms with Crippen LogP contribution in [0.15, 0.2) is 23.5 Å². The first-order chi connectivity index (χ1) is 6.43. The van der Waals surface area contributed by atoms with Gasteiger partial charge < -0.3 is 14.9 Å². The second-order valence-electron chi connectivity index (χ2n) is 3.48. The maximum atomic E-state index is 10.8. The Bertz CT molecular complexity index is 301. The molecule has 0 saturated heterocycles. The molecule has 4 nitrogen and oxygen atoms in total. The van der Waals surface area contributed by atoms with Gasteiger partial charge in [-0.25, -0.2) is 4.79 Å². The molecule has 2 N–H and O–H groups in total. The topological polar surface area (TPSA) is 66.8 Å². The molecule has 1 aliphatic rings. The van der Waals surface area contributed by atoms with Gasteiger partial charge in [0.2, 0.25) is 0 Å². The van der Waals surface area contributed by atoms with E-state index in [0.29, 0.717) is 0 Å². The number of hydrogen-bond donors (Lipinski definition) is 2. The lowest BCUT2D eigenvalue weighted by molar-refractivity contribution is -0.132. The van der Waals surface area contributed by atoms with Crippen molar-refractivity contribution in [1.29, 1.82) is 0 Å². The molecule has 0 aromatic heterocycles. The highest BCUT2D eigenvalue weighted by Gasteiger charge is 2.32. The van der Waals surface area contributed by atoms with E-state index >= 15 is 0 Å². The lowest BCUT2D eigenvalue weighted by Crippen LogP contribution is -2.12. The fourth-order valence-corrected chi connectivity index (χ4v) is 1.37. The quantitative estimate of drug-likeness (QED) is 0.666. The molecule has 0 radical (unpaired) electrons. The SMILES string of the molecule is C=C(C)C1CC(C(=O)O)=C(C(C)O)O1. The van der Waals surface area contributed by atoms with Crippen molar-refractivity contribution >= 4 is 5.97 Å². The normalized spacial score (nSPS) is 23.2. The molecule has 2 unspecified atom stereocenters. The van der Waals surface area contributed by atoms with Gasteiger partial charge in [0.25, 0.3) is 0 Å². The number of aliphatic hydroxyl groups excluding tert-OH is 1. The van der Waals surface area contributed by atoms with Gasteiger partial charge in [0, 0.05) is 6.42 Å². The summed E-state index contributed by atoms with van der Waals surface area (Å²) in [5, 5.41) is 18.1. The molecule has 14 heavy (non-hydrogen) atoms. The van der Waals surface area contributed by atoms with Crippen LogP contribution in [0.3, 0.4) is 0 Å². The number of aliphatic carboxylic acids is 1. The maximum Gasteiger partial charge on any atom is 0.335 e. The Kier molecular flexibility index (Phi) is 2.96. The van der Waals surface area contributed by atoms with Crippen LogP contribution in [0, 0.1) is 0 Å². The minimum absolute atomic E-state index is 0.146. The molecule has 1 aliphatic heterocycles. The molecule has 1 heterocycles. The average Bonchev–Trinajstić information content (AvgIpc) is 2.47. The minimum atomic E-state index is -1.04. The van der Waals surface area contributed by atoms with Gasteiger partial charge in [-0.15, -0.1) is 0 Å². The van der Waals surface area contributed by atoms with Crippen molar-refractivity contribution in [3.05, 3.63) is 23.5 Å². The number of rotatable bonds is 3. The Labute approximate surface area is 82.5 Å². The van der Waals surface area contributed by atoms with E-state index < -0.39 is 12.1 Å². The molecular formula is C10H14O4. The van der Waals surface area contributed by atoms with Crippen molar-refractivity contribution in [1.82, 2.24) is 0 Å². The van der Waals surface area contributed by atoms with Crippen molar-refractivity contribution in [3.8, 4) is 0 Å². The van der Waals surface area contributed by atoms with E-state index in [1.807, 2.05) is 0 Å². The van der Waals surface area contributed by atoms with Gasteiger partial charge >= 0.3 is 5.97 Å². The summed E-state index contributed by atoms with van der Waals surface area (Å²) < 4.78 is 5.31. The standard InChI is InChI=1S/C10H14O4/c1-5(2)8-4-7(10(12)13)9(14-8)6(3)11/h6,8,11H,1,4H2,2-3H3,(H,12,13). The highest BCUT2D eigenvalue weighted by molar-refractivity contribution is 5.88. The van der Waals surface area contributed by atoms with Crippen LogP contribution in [0.5, 0.6) is 0 Å². The first-order valence-corrected chi connectivity index (χ1v) is 4.40. The van der Waals surface area contributed by atoms with Gasteiger partial charge in [-0.2, -0.15) is 0 Å². The van der Waals surface area contributed by atoms with Crippen LogP contribution < -0.4 is 0 Å². The summed E-state index contributed by atoms with van der Waals surface area (Å²) in [7, 11) is 0. The minimum Gasteiger partial charge on any atom is -0.487 e. The monoisotopic (exact) mass is 198 g/mol. The van der Waals surface area contributed by atoms with Crippen LogP contribution in [0.25, 0.3) is 0 Å². The third-order valence-corrected chi connectivity index (χ3v) is 2.14. The number of carboxylic acid groups (broad SMARTS) is 1. The van der Waals surface area contributed by atoms with Crippen molar-refractivity contribution in [2.75, 3.05) is 0 Å². The Morgan fingerprint density at radius 2 is 2.29 bits per heavy atom. The van der Waals surface area contributed by atoms with Crippen LogP contribution in [0.1, 0.15) is 20.3 Å². The Morgan fingerprint density at radius 1 is 1.71 bits per heavy atom. The van der Waals surface area contributed by atoms with E-state index in [1.54, 1.807) is 6.92 Å². The molecule has 4 heteroatoms. The maximum absolute atomic E-state index is 10.8. The largest absolute Gasteiger partial charge is 0.487 e. The van der Waals surface area contributed by atoms with E-state index in [0.717, 1.165) is 5.57 Å². The first kappa shape index (κ1) is 10.8. The summed E-state index contributed by atoms with van der Waals surface area (Å²) in [5.74, 6) is -0.879. The fourth-order valence-electron chi connectivity index (χ4n) is 1.37. The lowest BCUT2D eigenvalue weighted by atomic mass is 10.1. The summed E-state index contributed by atoms with van der Waals surface area (Å²) in [5.41, 5.74) is 0.910. The zero-order chi connectivity index (χ0) is 10.9. The van der Waals surface area contributed by atoms with Gasteiger partial charge in [-0.3, -0.25) is 0 Å².